The number of aliphatic imine (C=N–C) groups is 3. The normalized spacial score (nSPS) is 9.85. The second-order valence-corrected chi connectivity index (χ2v) is 7.60. The molecule has 0 saturated carbocycles. The van der Waals surface area contributed by atoms with Crippen LogP contribution < -0.4 is 4.74 Å². The maximum atomic E-state index is 9.89. The number of allylic oxidation sites excluding steroid dienone is 1. The van der Waals surface area contributed by atoms with Gasteiger partial charge in [-0.25, -0.2) is 29.4 Å². The molecule has 0 fully saturated rings. The summed E-state index contributed by atoms with van der Waals surface area (Å²) in [4.78, 5) is 39.5. The van der Waals surface area contributed by atoms with Gasteiger partial charge in [0.1, 0.15) is 5.75 Å². The highest BCUT2D eigenvalue weighted by Crippen LogP contribution is 2.12. The number of unbranched alkanes of at least 4 members (excludes halogenated alkanes) is 5. The molecular formula is C27H41N3O4. The summed E-state index contributed by atoms with van der Waals surface area (Å²) in [6.07, 6.45) is 17.4. The van der Waals surface area contributed by atoms with Crippen molar-refractivity contribution in [1.82, 2.24) is 0 Å². The van der Waals surface area contributed by atoms with Gasteiger partial charge in [-0.05, 0) is 63.1 Å². The Morgan fingerprint density at radius 3 is 2.06 bits per heavy atom. The Morgan fingerprint density at radius 1 is 0.912 bits per heavy atom. The number of aryl methyl sites for hydroxylation is 1. The smallest absolute Gasteiger partial charge is 0.235 e. The molecule has 0 heterocycles. The summed E-state index contributed by atoms with van der Waals surface area (Å²) in [6.45, 7) is 8.87. The summed E-state index contributed by atoms with van der Waals surface area (Å²) in [5, 5.41) is 0. The van der Waals surface area contributed by atoms with Gasteiger partial charge in [-0.3, -0.25) is 0 Å². The fourth-order valence-corrected chi connectivity index (χ4v) is 2.72. The number of hydrogen-bond donors (Lipinski definition) is 0. The zero-order chi connectivity index (χ0) is 25.7. The Morgan fingerprint density at radius 2 is 1.53 bits per heavy atom. The molecule has 0 aromatic heterocycles. The zero-order valence-electron chi connectivity index (χ0n) is 21.1. The first-order chi connectivity index (χ1) is 16.6. The van der Waals surface area contributed by atoms with Crippen LogP contribution >= 0.6 is 0 Å². The molecule has 188 valence electrons. The van der Waals surface area contributed by atoms with Crippen LogP contribution in [0.3, 0.4) is 0 Å². The minimum atomic E-state index is 0.150. The first-order valence-electron chi connectivity index (χ1n) is 12.0. The van der Waals surface area contributed by atoms with E-state index < -0.39 is 0 Å². The molecular weight excluding hydrogens is 430 g/mol. The first-order valence-corrected chi connectivity index (χ1v) is 12.0. The minimum Gasteiger partial charge on any atom is -0.497 e. The third-order valence-electron chi connectivity index (χ3n) is 4.70. The fraction of sp³-hybridized carbons (Fsp3) is 0.593. The molecule has 1 atom stereocenters. The van der Waals surface area contributed by atoms with Gasteiger partial charge in [0.05, 0.1) is 26.2 Å². The van der Waals surface area contributed by atoms with Crippen LogP contribution in [-0.2, 0) is 20.8 Å². The molecule has 0 aliphatic heterocycles. The van der Waals surface area contributed by atoms with Crippen LogP contribution in [0, 0.1) is 0 Å². The monoisotopic (exact) mass is 471 g/mol. The molecule has 0 N–H and O–H groups in total. The molecule has 7 nitrogen and oxygen atoms in total. The predicted molar refractivity (Wildman–Crippen MR) is 138 cm³/mol. The molecule has 0 amide bonds. The Hall–Kier alpha value is -3.10. The lowest BCUT2D eigenvalue weighted by Gasteiger charge is -2.02. The molecule has 1 unspecified atom stereocenters. The van der Waals surface area contributed by atoms with Crippen molar-refractivity contribution in [2.24, 2.45) is 15.0 Å². The van der Waals surface area contributed by atoms with Gasteiger partial charge in [-0.2, -0.15) is 0 Å². The lowest BCUT2D eigenvalue weighted by molar-refractivity contribution is 0.414. The Kier molecular flexibility index (Phi) is 27.2. The summed E-state index contributed by atoms with van der Waals surface area (Å²) in [5.41, 5.74) is 1.23. The van der Waals surface area contributed by atoms with Crippen LogP contribution in [-0.4, -0.2) is 44.5 Å². The van der Waals surface area contributed by atoms with Crippen LogP contribution in [0.15, 0.2) is 51.9 Å². The molecule has 34 heavy (non-hydrogen) atoms. The maximum Gasteiger partial charge on any atom is 0.235 e. The van der Waals surface area contributed by atoms with Crippen molar-refractivity contribution in [3.8, 4) is 5.75 Å². The van der Waals surface area contributed by atoms with E-state index in [4.69, 9.17) is 4.74 Å². The molecule has 7 heteroatoms. The largest absolute Gasteiger partial charge is 0.497 e. The van der Waals surface area contributed by atoms with Crippen molar-refractivity contribution in [2.45, 2.75) is 84.1 Å². The summed E-state index contributed by atoms with van der Waals surface area (Å²) in [7, 11) is 1.65. The van der Waals surface area contributed by atoms with Crippen LogP contribution in [0.2, 0.25) is 0 Å². The minimum absolute atomic E-state index is 0.150. The lowest BCUT2D eigenvalue weighted by Crippen LogP contribution is -1.96. The average molecular weight is 472 g/mol. The second kappa shape index (κ2) is 27.9. The van der Waals surface area contributed by atoms with Crippen molar-refractivity contribution in [3.05, 3.63) is 42.5 Å². The summed E-state index contributed by atoms with van der Waals surface area (Å²) in [5.74, 6) is 0.861. The highest BCUT2D eigenvalue weighted by Gasteiger charge is 1.97. The van der Waals surface area contributed by atoms with E-state index in [1.54, 1.807) is 13.2 Å². The Bertz CT molecular complexity index is 746. The van der Waals surface area contributed by atoms with E-state index in [1.807, 2.05) is 37.3 Å². The molecule has 0 saturated heterocycles. The van der Waals surface area contributed by atoms with Gasteiger partial charge in [0.2, 0.25) is 18.2 Å². The third-order valence-corrected chi connectivity index (χ3v) is 4.70. The van der Waals surface area contributed by atoms with Gasteiger partial charge >= 0.3 is 0 Å². The number of ether oxygens (including phenoxy) is 1. The maximum absolute atomic E-state index is 9.89. The number of rotatable bonds is 16. The number of isocyanates is 3. The van der Waals surface area contributed by atoms with E-state index in [-0.39, 0.29) is 6.04 Å². The third kappa shape index (κ3) is 25.2. The van der Waals surface area contributed by atoms with Gasteiger partial charge in [-0.1, -0.05) is 50.8 Å². The predicted octanol–water partition coefficient (Wildman–Crippen LogP) is 6.32. The van der Waals surface area contributed by atoms with E-state index in [2.05, 4.69) is 28.5 Å². The van der Waals surface area contributed by atoms with Crippen molar-refractivity contribution >= 4 is 18.2 Å². The van der Waals surface area contributed by atoms with E-state index in [0.717, 1.165) is 50.7 Å². The van der Waals surface area contributed by atoms with Crippen molar-refractivity contribution in [3.63, 3.8) is 0 Å². The topological polar surface area (TPSA) is 97.5 Å². The SMILES string of the molecule is C=CCCCCCCC(C)N=C=O.CCCCN=C=O.COc1ccc(CCCN=C=O)cc1. The molecule has 0 aliphatic rings. The molecule has 0 radical (unpaired) electrons. The van der Waals surface area contributed by atoms with E-state index in [0.29, 0.717) is 13.1 Å². The number of carbonyl (C=O) groups excluding carboxylic acids is 3. The van der Waals surface area contributed by atoms with E-state index in [1.165, 1.54) is 37.0 Å². The average Bonchev–Trinajstić information content (AvgIpc) is 2.86. The molecule has 1 aromatic carbocycles. The quantitative estimate of drug-likeness (QED) is 0.122. The molecule has 0 spiro atoms. The fourth-order valence-electron chi connectivity index (χ4n) is 2.72. The molecule has 1 rings (SSSR count). The van der Waals surface area contributed by atoms with Crippen molar-refractivity contribution < 1.29 is 19.1 Å². The lowest BCUT2D eigenvalue weighted by atomic mass is 10.1. The highest BCUT2D eigenvalue weighted by atomic mass is 16.5. The van der Waals surface area contributed by atoms with Gasteiger partial charge in [0.25, 0.3) is 0 Å². The summed E-state index contributed by atoms with van der Waals surface area (Å²) < 4.78 is 5.04. The van der Waals surface area contributed by atoms with Crippen LogP contribution in [0.25, 0.3) is 0 Å². The van der Waals surface area contributed by atoms with Crippen LogP contribution in [0.5, 0.6) is 5.75 Å². The molecule has 1 aromatic rings. The highest BCUT2D eigenvalue weighted by molar-refractivity contribution is 5.33. The number of methoxy groups -OCH3 is 1. The summed E-state index contributed by atoms with van der Waals surface area (Å²) in [6, 6.07) is 8.04. The van der Waals surface area contributed by atoms with Gasteiger partial charge in [0, 0.05) is 0 Å². The summed E-state index contributed by atoms with van der Waals surface area (Å²) >= 11 is 0. The zero-order valence-corrected chi connectivity index (χ0v) is 21.1. The van der Waals surface area contributed by atoms with Gasteiger partial charge < -0.3 is 4.74 Å². The standard InChI is InChI=1S/C11H13NO2.C11H19NO.C5H9NO/c1-14-11-6-4-10(5-7-11)3-2-8-12-9-13;1-3-4-5-6-7-8-9-11(2)12-10-13;1-2-3-4-6-5-7/h4-7H,2-3,8H2,1H3;3,11H,1,4-9H2,2H3;2-4H2,1H3. The Labute approximate surface area is 205 Å². The second-order valence-electron chi connectivity index (χ2n) is 7.60. The Balaban J connectivity index is 0. The van der Waals surface area contributed by atoms with E-state index in [9.17, 15) is 14.4 Å². The van der Waals surface area contributed by atoms with Crippen LogP contribution in [0.1, 0.15) is 77.2 Å². The first kappa shape index (κ1) is 33.1. The van der Waals surface area contributed by atoms with Gasteiger partial charge in [-0.15, -0.1) is 6.58 Å². The molecule has 0 aliphatic carbocycles. The van der Waals surface area contributed by atoms with Crippen molar-refractivity contribution in [2.75, 3.05) is 20.2 Å². The number of hydrogen-bond acceptors (Lipinski definition) is 7. The molecule has 0 bridgehead atoms. The number of nitrogens with zero attached hydrogens (tertiary/aromatic N) is 3. The van der Waals surface area contributed by atoms with E-state index >= 15 is 0 Å². The van der Waals surface area contributed by atoms with Crippen molar-refractivity contribution in [1.29, 1.82) is 0 Å². The van der Waals surface area contributed by atoms with Gasteiger partial charge in [0.15, 0.2) is 0 Å². The number of benzene rings is 1. The van der Waals surface area contributed by atoms with Crippen LogP contribution in [0.4, 0.5) is 0 Å².